The molecule has 0 saturated heterocycles. The highest BCUT2D eigenvalue weighted by Gasteiger charge is 2.20. The smallest absolute Gasteiger partial charge is 0.0525 e. The SMILES string of the molecule is OCC1CCCc2[nH]ncc21. The summed E-state index contributed by atoms with van der Waals surface area (Å²) in [5, 5.41) is 15.9. The van der Waals surface area contributed by atoms with Crippen molar-refractivity contribution in [1.82, 2.24) is 10.2 Å². The molecule has 1 aliphatic carbocycles. The Morgan fingerprint density at radius 1 is 1.73 bits per heavy atom. The van der Waals surface area contributed by atoms with Crippen molar-refractivity contribution in [2.75, 3.05) is 6.61 Å². The monoisotopic (exact) mass is 152 g/mol. The van der Waals surface area contributed by atoms with E-state index in [9.17, 15) is 0 Å². The van der Waals surface area contributed by atoms with Crippen LogP contribution < -0.4 is 0 Å². The van der Waals surface area contributed by atoms with E-state index in [2.05, 4.69) is 10.2 Å². The molecular weight excluding hydrogens is 140 g/mol. The van der Waals surface area contributed by atoms with Gasteiger partial charge in [-0.3, -0.25) is 5.10 Å². The van der Waals surface area contributed by atoms with Gasteiger partial charge in [-0.15, -0.1) is 0 Å². The van der Waals surface area contributed by atoms with Crippen LogP contribution in [0.3, 0.4) is 0 Å². The van der Waals surface area contributed by atoms with Gasteiger partial charge in [0, 0.05) is 11.6 Å². The van der Waals surface area contributed by atoms with Gasteiger partial charge in [0.2, 0.25) is 0 Å². The van der Waals surface area contributed by atoms with E-state index in [1.807, 2.05) is 6.20 Å². The number of rotatable bonds is 1. The zero-order chi connectivity index (χ0) is 7.68. The first-order chi connectivity index (χ1) is 5.42. The van der Waals surface area contributed by atoms with Crippen molar-refractivity contribution < 1.29 is 5.11 Å². The molecule has 1 atom stereocenters. The molecule has 0 spiro atoms. The molecule has 0 aliphatic heterocycles. The van der Waals surface area contributed by atoms with Gasteiger partial charge < -0.3 is 5.11 Å². The van der Waals surface area contributed by atoms with Gasteiger partial charge in [-0.1, -0.05) is 0 Å². The van der Waals surface area contributed by atoms with Gasteiger partial charge in [0.05, 0.1) is 12.8 Å². The molecule has 3 heteroatoms. The minimum atomic E-state index is 0.256. The summed E-state index contributed by atoms with van der Waals surface area (Å²) in [6, 6.07) is 0. The molecular formula is C8H12N2O. The lowest BCUT2D eigenvalue weighted by atomic mass is 9.88. The average molecular weight is 152 g/mol. The van der Waals surface area contributed by atoms with E-state index in [4.69, 9.17) is 5.11 Å². The molecule has 1 aromatic rings. The van der Waals surface area contributed by atoms with Gasteiger partial charge in [0.1, 0.15) is 0 Å². The van der Waals surface area contributed by atoms with Crippen LogP contribution in [0, 0.1) is 0 Å². The first-order valence-electron chi connectivity index (χ1n) is 4.05. The van der Waals surface area contributed by atoms with Crippen LogP contribution in [0.15, 0.2) is 6.20 Å². The van der Waals surface area contributed by atoms with Gasteiger partial charge in [0.25, 0.3) is 0 Å². The van der Waals surface area contributed by atoms with Crippen molar-refractivity contribution in [1.29, 1.82) is 0 Å². The Labute approximate surface area is 65.4 Å². The Morgan fingerprint density at radius 3 is 3.45 bits per heavy atom. The van der Waals surface area contributed by atoms with Crippen LogP contribution in [-0.4, -0.2) is 21.9 Å². The van der Waals surface area contributed by atoms with Crippen LogP contribution in [0.2, 0.25) is 0 Å². The Morgan fingerprint density at radius 2 is 2.64 bits per heavy atom. The van der Waals surface area contributed by atoms with Crippen molar-refractivity contribution in [2.45, 2.75) is 25.2 Å². The van der Waals surface area contributed by atoms with Gasteiger partial charge in [0.15, 0.2) is 0 Å². The van der Waals surface area contributed by atoms with E-state index in [0.717, 1.165) is 12.8 Å². The van der Waals surface area contributed by atoms with Gasteiger partial charge in [-0.25, -0.2) is 0 Å². The topological polar surface area (TPSA) is 48.9 Å². The molecule has 0 saturated carbocycles. The summed E-state index contributed by atoms with van der Waals surface area (Å²) < 4.78 is 0. The molecule has 0 aromatic carbocycles. The van der Waals surface area contributed by atoms with Crippen LogP contribution in [0.4, 0.5) is 0 Å². The molecule has 60 valence electrons. The molecule has 0 radical (unpaired) electrons. The molecule has 3 nitrogen and oxygen atoms in total. The normalized spacial score (nSPS) is 23.2. The first-order valence-corrected chi connectivity index (χ1v) is 4.05. The number of nitrogens with one attached hydrogen (secondary N) is 1. The average Bonchev–Trinajstić information content (AvgIpc) is 2.50. The fraction of sp³-hybridized carbons (Fsp3) is 0.625. The minimum Gasteiger partial charge on any atom is -0.396 e. The molecule has 0 bridgehead atoms. The second kappa shape index (κ2) is 2.66. The summed E-state index contributed by atoms with van der Waals surface area (Å²) in [4.78, 5) is 0. The third-order valence-corrected chi connectivity index (χ3v) is 2.39. The van der Waals surface area contributed by atoms with Crippen molar-refractivity contribution in [2.24, 2.45) is 0 Å². The lowest BCUT2D eigenvalue weighted by molar-refractivity contribution is 0.253. The highest BCUT2D eigenvalue weighted by Crippen LogP contribution is 2.29. The van der Waals surface area contributed by atoms with E-state index in [1.54, 1.807) is 0 Å². The summed E-state index contributed by atoms with van der Waals surface area (Å²) in [6.45, 7) is 0.256. The van der Waals surface area contributed by atoms with Gasteiger partial charge >= 0.3 is 0 Å². The number of fused-ring (bicyclic) bond motifs is 1. The number of nitrogens with zero attached hydrogens (tertiary/aromatic N) is 1. The number of aromatic amines is 1. The van der Waals surface area contributed by atoms with E-state index >= 15 is 0 Å². The van der Waals surface area contributed by atoms with E-state index in [0.29, 0.717) is 5.92 Å². The first kappa shape index (κ1) is 6.85. The Bertz CT molecular complexity index is 244. The fourth-order valence-electron chi connectivity index (χ4n) is 1.74. The zero-order valence-corrected chi connectivity index (χ0v) is 6.38. The summed E-state index contributed by atoms with van der Waals surface area (Å²) in [7, 11) is 0. The number of hydrogen-bond acceptors (Lipinski definition) is 2. The molecule has 1 unspecified atom stereocenters. The largest absolute Gasteiger partial charge is 0.396 e. The second-order valence-corrected chi connectivity index (χ2v) is 3.08. The third-order valence-electron chi connectivity index (χ3n) is 2.39. The number of aryl methyl sites for hydroxylation is 1. The van der Waals surface area contributed by atoms with Crippen LogP contribution in [-0.2, 0) is 6.42 Å². The number of aliphatic hydroxyl groups is 1. The number of H-pyrrole nitrogens is 1. The second-order valence-electron chi connectivity index (χ2n) is 3.08. The molecule has 0 amide bonds. The Hall–Kier alpha value is -0.830. The summed E-state index contributed by atoms with van der Waals surface area (Å²) in [6.07, 6.45) is 5.20. The summed E-state index contributed by atoms with van der Waals surface area (Å²) >= 11 is 0. The van der Waals surface area contributed by atoms with Crippen molar-refractivity contribution in [3.63, 3.8) is 0 Å². The Balaban J connectivity index is 2.32. The summed E-state index contributed by atoms with van der Waals surface area (Å²) in [5.74, 6) is 0.331. The predicted octanol–water partition coefficient (Wildman–Crippen LogP) is 0.822. The van der Waals surface area contributed by atoms with E-state index in [1.165, 1.54) is 17.7 Å². The number of aromatic nitrogens is 2. The standard InChI is InChI=1S/C8H12N2O/c11-5-6-2-1-3-8-7(6)4-9-10-8/h4,6,11H,1-3,5H2,(H,9,10). The Kier molecular flexibility index (Phi) is 1.66. The molecule has 0 fully saturated rings. The highest BCUT2D eigenvalue weighted by atomic mass is 16.3. The van der Waals surface area contributed by atoms with Crippen LogP contribution >= 0.6 is 0 Å². The summed E-state index contributed by atoms with van der Waals surface area (Å²) in [5.41, 5.74) is 2.44. The maximum Gasteiger partial charge on any atom is 0.0525 e. The van der Waals surface area contributed by atoms with E-state index < -0.39 is 0 Å². The van der Waals surface area contributed by atoms with Crippen molar-refractivity contribution in [3.05, 3.63) is 17.5 Å². The zero-order valence-electron chi connectivity index (χ0n) is 6.38. The third kappa shape index (κ3) is 1.05. The number of hydrogen-bond donors (Lipinski definition) is 2. The number of aliphatic hydroxyl groups excluding tert-OH is 1. The molecule has 1 heterocycles. The van der Waals surface area contributed by atoms with Crippen LogP contribution in [0.1, 0.15) is 30.0 Å². The molecule has 1 aliphatic rings. The predicted molar refractivity (Wildman–Crippen MR) is 41.4 cm³/mol. The van der Waals surface area contributed by atoms with E-state index in [-0.39, 0.29) is 6.61 Å². The maximum atomic E-state index is 9.01. The lowest BCUT2D eigenvalue weighted by Gasteiger charge is -2.18. The maximum absolute atomic E-state index is 9.01. The van der Waals surface area contributed by atoms with Crippen LogP contribution in [0.5, 0.6) is 0 Å². The van der Waals surface area contributed by atoms with Crippen molar-refractivity contribution in [3.8, 4) is 0 Å². The van der Waals surface area contributed by atoms with Crippen molar-refractivity contribution >= 4 is 0 Å². The lowest BCUT2D eigenvalue weighted by Crippen LogP contribution is -2.11. The molecule has 2 N–H and O–H groups in total. The quantitative estimate of drug-likeness (QED) is 0.626. The molecule has 2 rings (SSSR count). The minimum absolute atomic E-state index is 0.256. The molecule has 1 aromatic heterocycles. The van der Waals surface area contributed by atoms with Gasteiger partial charge in [-0.05, 0) is 24.8 Å². The van der Waals surface area contributed by atoms with Crippen LogP contribution in [0.25, 0.3) is 0 Å². The fourth-order valence-corrected chi connectivity index (χ4v) is 1.74. The van der Waals surface area contributed by atoms with Gasteiger partial charge in [-0.2, -0.15) is 5.10 Å². The molecule has 11 heavy (non-hydrogen) atoms. The highest BCUT2D eigenvalue weighted by molar-refractivity contribution is 5.23.